The molecule has 2 atom stereocenters. The molecule has 2 saturated heterocycles. The van der Waals surface area contributed by atoms with Crippen LogP contribution in [0.25, 0.3) is 0 Å². The van der Waals surface area contributed by atoms with Gasteiger partial charge in [0.05, 0.1) is 0 Å². The largest absolute Gasteiger partial charge is 0.854 e. The van der Waals surface area contributed by atoms with Gasteiger partial charge in [-0.05, 0) is 44.7 Å². The molecule has 0 amide bonds. The van der Waals surface area contributed by atoms with Crippen LogP contribution in [0.15, 0.2) is 0 Å². The van der Waals surface area contributed by atoms with Gasteiger partial charge < -0.3 is 10.0 Å². The second kappa shape index (κ2) is 3.75. The van der Waals surface area contributed by atoms with Crippen molar-refractivity contribution in [3.63, 3.8) is 0 Å². The fraction of sp³-hybridized carbons (Fsp3) is 1.00. The summed E-state index contributed by atoms with van der Waals surface area (Å²) in [6.45, 7) is 2.66. The zero-order chi connectivity index (χ0) is 8.39. The minimum Gasteiger partial charge on any atom is -0.854 e. The molecule has 2 rings (SSSR count). The Bertz CT molecular complexity index is 140. The molecule has 0 spiro atoms. The SMILES string of the molecule is [O-]CC1CCCN2CCCCC12. The molecular weight excluding hydrogens is 150 g/mol. The van der Waals surface area contributed by atoms with Gasteiger partial charge in [0.25, 0.3) is 0 Å². The van der Waals surface area contributed by atoms with Crippen LogP contribution in [0.1, 0.15) is 32.1 Å². The van der Waals surface area contributed by atoms with Crippen LogP contribution in [0.4, 0.5) is 0 Å². The molecule has 0 bridgehead atoms. The topological polar surface area (TPSA) is 26.3 Å². The maximum atomic E-state index is 10.9. The van der Waals surface area contributed by atoms with Crippen molar-refractivity contribution in [2.75, 3.05) is 19.7 Å². The Morgan fingerprint density at radius 3 is 2.75 bits per heavy atom. The van der Waals surface area contributed by atoms with E-state index < -0.39 is 0 Å². The van der Waals surface area contributed by atoms with Gasteiger partial charge in [-0.3, -0.25) is 0 Å². The van der Waals surface area contributed by atoms with Gasteiger partial charge in [0, 0.05) is 6.04 Å². The summed E-state index contributed by atoms with van der Waals surface area (Å²) in [4.78, 5) is 2.55. The summed E-state index contributed by atoms with van der Waals surface area (Å²) in [5.74, 6) is 0.471. The van der Waals surface area contributed by atoms with Gasteiger partial charge in [-0.2, -0.15) is 0 Å². The Morgan fingerprint density at radius 2 is 1.92 bits per heavy atom. The van der Waals surface area contributed by atoms with E-state index in [1.807, 2.05) is 0 Å². The van der Waals surface area contributed by atoms with Crippen LogP contribution in [0.3, 0.4) is 0 Å². The van der Waals surface area contributed by atoms with Crippen LogP contribution < -0.4 is 5.11 Å². The average Bonchev–Trinajstić information content (AvgIpc) is 2.17. The number of nitrogens with zero attached hydrogens (tertiary/aromatic N) is 1. The number of piperidine rings is 2. The van der Waals surface area contributed by atoms with Crippen molar-refractivity contribution in [1.29, 1.82) is 0 Å². The third-order valence-electron chi connectivity index (χ3n) is 3.44. The van der Waals surface area contributed by atoms with Crippen molar-refractivity contribution < 1.29 is 5.11 Å². The Labute approximate surface area is 74.6 Å². The molecule has 0 aromatic heterocycles. The third kappa shape index (κ3) is 1.50. The molecule has 0 aromatic carbocycles. The molecule has 2 aliphatic heterocycles. The molecule has 2 unspecified atom stereocenters. The molecule has 2 nitrogen and oxygen atoms in total. The first-order chi connectivity index (χ1) is 5.92. The van der Waals surface area contributed by atoms with Gasteiger partial charge >= 0.3 is 0 Å². The Hall–Kier alpha value is -0.0800. The smallest absolute Gasteiger partial charge is 0.0111 e. The molecule has 2 aliphatic rings. The minimum atomic E-state index is 0.154. The van der Waals surface area contributed by atoms with E-state index in [-0.39, 0.29) is 6.61 Å². The summed E-state index contributed by atoms with van der Waals surface area (Å²) in [6, 6.07) is 0.657. The minimum absolute atomic E-state index is 0.154. The lowest BCUT2D eigenvalue weighted by molar-refractivity contribution is -0.383. The molecule has 2 heteroatoms. The molecule has 0 aliphatic carbocycles. The van der Waals surface area contributed by atoms with E-state index in [0.29, 0.717) is 12.0 Å². The summed E-state index contributed by atoms with van der Waals surface area (Å²) in [6.07, 6.45) is 6.42. The van der Waals surface area contributed by atoms with E-state index in [1.54, 1.807) is 0 Å². The monoisotopic (exact) mass is 168 g/mol. The molecule has 2 fully saturated rings. The predicted octanol–water partition coefficient (Wildman–Crippen LogP) is 0.611. The lowest BCUT2D eigenvalue weighted by Crippen LogP contribution is -2.50. The van der Waals surface area contributed by atoms with Gasteiger partial charge in [0.15, 0.2) is 0 Å². The molecule has 0 N–H and O–H groups in total. The fourth-order valence-corrected chi connectivity index (χ4v) is 2.77. The van der Waals surface area contributed by atoms with Gasteiger partial charge in [0.2, 0.25) is 0 Å². The summed E-state index contributed by atoms with van der Waals surface area (Å²) in [5, 5.41) is 10.9. The standard InChI is InChI=1S/C10H18NO/c12-8-9-4-3-7-11-6-2-1-5-10(9)11/h9-10H,1-8H2/q-1. The van der Waals surface area contributed by atoms with Crippen molar-refractivity contribution in [3.8, 4) is 0 Å². The van der Waals surface area contributed by atoms with Crippen molar-refractivity contribution in [2.24, 2.45) is 5.92 Å². The lowest BCUT2D eigenvalue weighted by atomic mass is 9.84. The predicted molar refractivity (Wildman–Crippen MR) is 46.8 cm³/mol. The van der Waals surface area contributed by atoms with Gasteiger partial charge in [-0.25, -0.2) is 0 Å². The maximum Gasteiger partial charge on any atom is 0.0111 e. The molecule has 0 radical (unpaired) electrons. The summed E-state index contributed by atoms with van der Waals surface area (Å²) >= 11 is 0. The van der Waals surface area contributed by atoms with Crippen LogP contribution >= 0.6 is 0 Å². The quantitative estimate of drug-likeness (QED) is 0.573. The fourth-order valence-electron chi connectivity index (χ4n) is 2.77. The lowest BCUT2D eigenvalue weighted by Gasteiger charge is -2.45. The van der Waals surface area contributed by atoms with Gasteiger partial charge in [-0.1, -0.05) is 6.42 Å². The molecule has 0 saturated carbocycles. The normalized spacial score (nSPS) is 37.8. The molecule has 70 valence electrons. The van der Waals surface area contributed by atoms with Crippen molar-refractivity contribution in [2.45, 2.75) is 38.1 Å². The number of hydrogen-bond donors (Lipinski definition) is 0. The van der Waals surface area contributed by atoms with E-state index in [4.69, 9.17) is 0 Å². The summed E-state index contributed by atoms with van der Waals surface area (Å²) in [5.41, 5.74) is 0. The number of hydrogen-bond acceptors (Lipinski definition) is 2. The van der Waals surface area contributed by atoms with Crippen molar-refractivity contribution in [1.82, 2.24) is 4.90 Å². The maximum absolute atomic E-state index is 10.9. The Morgan fingerprint density at radius 1 is 1.08 bits per heavy atom. The van der Waals surface area contributed by atoms with E-state index >= 15 is 0 Å². The van der Waals surface area contributed by atoms with E-state index in [0.717, 1.165) is 0 Å². The van der Waals surface area contributed by atoms with Crippen LogP contribution in [-0.2, 0) is 0 Å². The van der Waals surface area contributed by atoms with Crippen molar-refractivity contribution in [3.05, 3.63) is 0 Å². The summed E-state index contributed by atoms with van der Waals surface area (Å²) in [7, 11) is 0. The van der Waals surface area contributed by atoms with Crippen LogP contribution in [-0.4, -0.2) is 30.6 Å². The van der Waals surface area contributed by atoms with Gasteiger partial charge in [-0.15, -0.1) is 6.61 Å². The van der Waals surface area contributed by atoms with E-state index in [1.165, 1.54) is 45.2 Å². The zero-order valence-corrected chi connectivity index (χ0v) is 7.67. The average molecular weight is 168 g/mol. The highest BCUT2D eigenvalue weighted by molar-refractivity contribution is 4.86. The highest BCUT2D eigenvalue weighted by Gasteiger charge is 2.30. The van der Waals surface area contributed by atoms with Crippen LogP contribution in [0.5, 0.6) is 0 Å². The second-order valence-electron chi connectivity index (χ2n) is 4.17. The van der Waals surface area contributed by atoms with Gasteiger partial charge in [0.1, 0.15) is 0 Å². The molecule has 2 heterocycles. The first-order valence-electron chi connectivity index (χ1n) is 5.24. The van der Waals surface area contributed by atoms with E-state index in [9.17, 15) is 5.11 Å². The second-order valence-corrected chi connectivity index (χ2v) is 4.17. The first-order valence-corrected chi connectivity index (χ1v) is 5.24. The highest BCUT2D eigenvalue weighted by Crippen LogP contribution is 2.29. The third-order valence-corrected chi connectivity index (χ3v) is 3.44. The molecule has 12 heavy (non-hydrogen) atoms. The molecular formula is C10H18NO-. The molecule has 0 aromatic rings. The van der Waals surface area contributed by atoms with Crippen LogP contribution in [0.2, 0.25) is 0 Å². The Balaban J connectivity index is 1.99. The van der Waals surface area contributed by atoms with E-state index in [2.05, 4.69) is 4.90 Å². The zero-order valence-electron chi connectivity index (χ0n) is 7.67. The first kappa shape index (κ1) is 8.52. The number of fused-ring (bicyclic) bond motifs is 1. The summed E-state index contributed by atoms with van der Waals surface area (Å²) < 4.78 is 0. The van der Waals surface area contributed by atoms with Crippen LogP contribution in [0, 0.1) is 5.92 Å². The highest BCUT2D eigenvalue weighted by atomic mass is 16.3. The Kier molecular flexibility index (Phi) is 2.66. The number of rotatable bonds is 1. The van der Waals surface area contributed by atoms with Crippen molar-refractivity contribution >= 4 is 0 Å².